The first-order valence-corrected chi connectivity index (χ1v) is 11.9. The van der Waals surface area contributed by atoms with E-state index in [0.717, 1.165) is 0 Å². The summed E-state index contributed by atoms with van der Waals surface area (Å²) in [6.07, 6.45) is 3.12. The first-order valence-electron chi connectivity index (χ1n) is 11.9. The highest BCUT2D eigenvalue weighted by Crippen LogP contribution is 2.08. The molecule has 0 saturated carbocycles. The van der Waals surface area contributed by atoms with Crippen molar-refractivity contribution in [3.8, 4) is 0 Å². The van der Waals surface area contributed by atoms with Gasteiger partial charge in [0.25, 0.3) is 0 Å². The molecule has 1 heterocycles. The van der Waals surface area contributed by atoms with Gasteiger partial charge in [-0.2, -0.15) is 0 Å². The Hall–Kier alpha value is -3.48. The number of imidazole rings is 1. The Morgan fingerprint density at radius 1 is 0.917 bits per heavy atom. The van der Waals surface area contributed by atoms with Crippen LogP contribution in [0.1, 0.15) is 59.1 Å². The van der Waals surface area contributed by atoms with Crippen LogP contribution in [0.4, 0.5) is 0 Å². The lowest BCUT2D eigenvalue weighted by Gasteiger charge is -2.25. The smallest absolute Gasteiger partial charge is 0.326 e. The molecule has 0 fully saturated rings. The normalized spacial score (nSPS) is 14.5. The Morgan fingerprint density at radius 2 is 1.47 bits per heavy atom. The van der Waals surface area contributed by atoms with E-state index in [9.17, 15) is 29.1 Å². The number of carboxylic acid groups (broad SMARTS) is 1. The van der Waals surface area contributed by atoms with Crippen molar-refractivity contribution in [2.45, 2.75) is 84.0 Å². The average Bonchev–Trinajstić information content (AvgIpc) is 3.27. The Morgan fingerprint density at radius 3 is 1.97 bits per heavy atom. The van der Waals surface area contributed by atoms with Gasteiger partial charge in [0.1, 0.15) is 18.1 Å². The van der Waals surface area contributed by atoms with Crippen molar-refractivity contribution in [1.29, 1.82) is 0 Å². The van der Waals surface area contributed by atoms with Crippen LogP contribution < -0.4 is 27.4 Å². The zero-order valence-corrected chi connectivity index (χ0v) is 21.2. The minimum Gasteiger partial charge on any atom is -0.480 e. The molecular formula is C23H39N7O6. The molecule has 0 radical (unpaired) electrons. The maximum atomic E-state index is 13.1. The van der Waals surface area contributed by atoms with Gasteiger partial charge in [-0.3, -0.25) is 19.2 Å². The first-order chi connectivity index (χ1) is 16.8. The summed E-state index contributed by atoms with van der Waals surface area (Å²) in [6.45, 7) is 7.43. The predicted octanol–water partition coefficient (Wildman–Crippen LogP) is -0.824. The number of nitrogens with zero attached hydrogens (tertiary/aromatic N) is 1. The zero-order valence-electron chi connectivity index (χ0n) is 21.2. The van der Waals surface area contributed by atoms with Gasteiger partial charge in [0, 0.05) is 24.7 Å². The summed E-state index contributed by atoms with van der Waals surface area (Å²) in [5, 5.41) is 17.1. The molecule has 0 aliphatic rings. The number of carbonyl (C=O) groups is 5. The molecule has 202 valence electrons. The highest BCUT2D eigenvalue weighted by molar-refractivity contribution is 5.94. The van der Waals surface area contributed by atoms with E-state index in [-0.39, 0.29) is 37.5 Å². The van der Waals surface area contributed by atoms with Crippen molar-refractivity contribution in [2.75, 3.05) is 0 Å². The summed E-state index contributed by atoms with van der Waals surface area (Å²) in [5.74, 6) is -3.77. The Kier molecular flexibility index (Phi) is 12.6. The molecule has 0 bridgehead atoms. The molecule has 4 atom stereocenters. The lowest BCUT2D eigenvalue weighted by atomic mass is 10.0. The van der Waals surface area contributed by atoms with E-state index in [0.29, 0.717) is 12.1 Å². The summed E-state index contributed by atoms with van der Waals surface area (Å²) in [4.78, 5) is 68.4. The maximum absolute atomic E-state index is 13.1. The van der Waals surface area contributed by atoms with Gasteiger partial charge in [-0.15, -0.1) is 0 Å². The number of H-pyrrole nitrogens is 1. The summed E-state index contributed by atoms with van der Waals surface area (Å²) in [6, 6.07) is -4.40. The van der Waals surface area contributed by atoms with Crippen LogP contribution in [0.25, 0.3) is 0 Å². The van der Waals surface area contributed by atoms with Gasteiger partial charge < -0.3 is 37.5 Å². The highest BCUT2D eigenvalue weighted by Gasteiger charge is 2.31. The second-order valence-electron chi connectivity index (χ2n) is 9.67. The number of primary amides is 1. The molecule has 1 rings (SSSR count). The van der Waals surface area contributed by atoms with Crippen molar-refractivity contribution in [2.24, 2.45) is 23.3 Å². The molecule has 1 aromatic heterocycles. The van der Waals surface area contributed by atoms with Crippen LogP contribution in [0, 0.1) is 11.8 Å². The molecule has 9 N–H and O–H groups in total. The number of carbonyl (C=O) groups excluding carboxylic acids is 4. The fourth-order valence-electron chi connectivity index (χ4n) is 3.51. The third-order valence-corrected chi connectivity index (χ3v) is 5.31. The molecule has 36 heavy (non-hydrogen) atoms. The fourth-order valence-corrected chi connectivity index (χ4v) is 3.51. The molecule has 4 unspecified atom stereocenters. The molecule has 0 spiro atoms. The van der Waals surface area contributed by atoms with Crippen molar-refractivity contribution >= 4 is 29.6 Å². The Balaban J connectivity index is 3.08. The SMILES string of the molecule is CC(C)CC(N)C(=O)NC(CCC(N)=O)C(=O)NC(Cc1cnc[nH]1)C(=O)NC(CC(C)C)C(=O)O. The number of aliphatic carboxylic acids is 1. The molecule has 1 aromatic rings. The minimum absolute atomic E-state index is 0.00418. The number of nitrogens with one attached hydrogen (secondary N) is 4. The molecule has 0 aromatic carbocycles. The number of amides is 4. The molecule has 13 heteroatoms. The van der Waals surface area contributed by atoms with Crippen LogP contribution in [-0.4, -0.2) is 68.8 Å². The topological polar surface area (TPSA) is 222 Å². The Labute approximate surface area is 210 Å². The Bertz CT molecular complexity index is 888. The van der Waals surface area contributed by atoms with Crippen molar-refractivity contribution < 1.29 is 29.1 Å². The van der Waals surface area contributed by atoms with E-state index in [4.69, 9.17) is 11.5 Å². The molecule has 13 nitrogen and oxygen atoms in total. The number of aromatic amines is 1. The highest BCUT2D eigenvalue weighted by atomic mass is 16.4. The van der Waals surface area contributed by atoms with Crippen LogP contribution in [0.2, 0.25) is 0 Å². The van der Waals surface area contributed by atoms with Crippen molar-refractivity contribution in [3.63, 3.8) is 0 Å². The predicted molar refractivity (Wildman–Crippen MR) is 131 cm³/mol. The number of carboxylic acids is 1. The number of hydrogen-bond donors (Lipinski definition) is 7. The van der Waals surface area contributed by atoms with Crippen LogP contribution in [0.15, 0.2) is 12.5 Å². The standard InChI is InChI=1S/C23H39N7O6/c1-12(2)7-15(24)20(32)28-16(5-6-19(25)31)21(33)29-17(9-14-10-26-11-27-14)22(34)30-18(23(35)36)8-13(3)4/h10-13,15-18H,5-9,24H2,1-4H3,(H2,25,31)(H,26,27)(H,28,32)(H,29,33)(H,30,34)(H,35,36). The van der Waals surface area contributed by atoms with Crippen LogP contribution >= 0.6 is 0 Å². The molecule has 0 aliphatic carbocycles. The van der Waals surface area contributed by atoms with E-state index < -0.39 is 53.8 Å². The third-order valence-electron chi connectivity index (χ3n) is 5.31. The molecule has 4 amide bonds. The van der Waals surface area contributed by atoms with E-state index in [2.05, 4.69) is 25.9 Å². The van der Waals surface area contributed by atoms with E-state index in [1.165, 1.54) is 12.5 Å². The van der Waals surface area contributed by atoms with Gasteiger partial charge in [-0.1, -0.05) is 27.7 Å². The number of rotatable bonds is 16. The first kappa shape index (κ1) is 30.6. The largest absolute Gasteiger partial charge is 0.480 e. The number of hydrogen-bond acceptors (Lipinski definition) is 7. The minimum atomic E-state index is -1.20. The lowest BCUT2D eigenvalue weighted by Crippen LogP contribution is -2.58. The number of aromatic nitrogens is 2. The second kappa shape index (κ2) is 14.8. The summed E-state index contributed by atoms with van der Waals surface area (Å²) >= 11 is 0. The summed E-state index contributed by atoms with van der Waals surface area (Å²) in [5.41, 5.74) is 11.7. The van der Waals surface area contributed by atoms with Crippen LogP contribution in [0.3, 0.4) is 0 Å². The average molecular weight is 510 g/mol. The molecule has 0 saturated heterocycles. The molecular weight excluding hydrogens is 470 g/mol. The van der Waals surface area contributed by atoms with Gasteiger partial charge in [0.2, 0.25) is 23.6 Å². The van der Waals surface area contributed by atoms with Crippen molar-refractivity contribution in [1.82, 2.24) is 25.9 Å². The number of nitrogens with two attached hydrogens (primary N) is 2. The third kappa shape index (κ3) is 11.3. The van der Waals surface area contributed by atoms with Gasteiger partial charge >= 0.3 is 5.97 Å². The van der Waals surface area contributed by atoms with E-state index in [1.807, 2.05) is 27.7 Å². The van der Waals surface area contributed by atoms with Crippen LogP contribution in [0.5, 0.6) is 0 Å². The van der Waals surface area contributed by atoms with Gasteiger partial charge in [-0.25, -0.2) is 9.78 Å². The lowest BCUT2D eigenvalue weighted by molar-refractivity contribution is -0.142. The maximum Gasteiger partial charge on any atom is 0.326 e. The quantitative estimate of drug-likeness (QED) is 0.149. The van der Waals surface area contributed by atoms with Gasteiger partial charge in [0.15, 0.2) is 0 Å². The monoisotopic (exact) mass is 509 g/mol. The fraction of sp³-hybridized carbons (Fsp3) is 0.652. The summed E-state index contributed by atoms with van der Waals surface area (Å²) < 4.78 is 0. The van der Waals surface area contributed by atoms with Crippen molar-refractivity contribution in [3.05, 3.63) is 18.2 Å². The summed E-state index contributed by atoms with van der Waals surface area (Å²) in [7, 11) is 0. The molecule has 0 aliphatic heterocycles. The second-order valence-corrected chi connectivity index (χ2v) is 9.67. The van der Waals surface area contributed by atoms with Gasteiger partial charge in [0.05, 0.1) is 12.4 Å². The zero-order chi connectivity index (χ0) is 27.4. The van der Waals surface area contributed by atoms with E-state index in [1.54, 1.807) is 0 Å². The van der Waals surface area contributed by atoms with E-state index >= 15 is 0 Å². The van der Waals surface area contributed by atoms with Crippen LogP contribution in [-0.2, 0) is 30.4 Å². The van der Waals surface area contributed by atoms with Gasteiger partial charge in [-0.05, 0) is 31.1 Å².